The van der Waals surface area contributed by atoms with Gasteiger partial charge in [0, 0.05) is 27.7 Å². The van der Waals surface area contributed by atoms with E-state index in [-0.39, 0.29) is 36.4 Å². The minimum Gasteiger partial charge on any atom is -0.492 e. The van der Waals surface area contributed by atoms with E-state index in [1.165, 1.54) is 0 Å². The molecule has 7 heteroatoms. The normalized spacial score (nSPS) is 10.6. The van der Waals surface area contributed by atoms with Gasteiger partial charge in [-0.2, -0.15) is 0 Å². The van der Waals surface area contributed by atoms with Crippen LogP contribution in [0.4, 0.5) is 0 Å². The number of hydrogen-bond donors (Lipinski definition) is 1. The molecule has 0 unspecified atom stereocenters. The van der Waals surface area contributed by atoms with E-state index in [0.29, 0.717) is 13.2 Å². The van der Waals surface area contributed by atoms with Gasteiger partial charge in [-0.15, -0.1) is 24.0 Å². The second-order valence-electron chi connectivity index (χ2n) is 5.44. The number of nitrogens with one attached hydrogen (secondary N) is 1. The van der Waals surface area contributed by atoms with E-state index in [1.807, 2.05) is 42.3 Å². The Morgan fingerprint density at radius 1 is 1.21 bits per heavy atom. The van der Waals surface area contributed by atoms with Crippen LogP contribution in [0.15, 0.2) is 35.3 Å². The maximum atomic E-state index is 11.7. The lowest BCUT2D eigenvalue weighted by Crippen LogP contribution is -2.42. The van der Waals surface area contributed by atoms with Crippen molar-refractivity contribution in [2.24, 2.45) is 4.99 Å². The second-order valence-corrected chi connectivity index (χ2v) is 5.44. The van der Waals surface area contributed by atoms with Gasteiger partial charge in [-0.1, -0.05) is 25.1 Å². The Labute approximate surface area is 162 Å². The Morgan fingerprint density at radius 2 is 1.88 bits per heavy atom. The van der Waals surface area contributed by atoms with Crippen LogP contribution in [0.5, 0.6) is 5.75 Å². The average Bonchev–Trinajstić information content (AvgIpc) is 2.55. The summed E-state index contributed by atoms with van der Waals surface area (Å²) in [4.78, 5) is 19.6. The van der Waals surface area contributed by atoms with E-state index in [9.17, 15) is 4.79 Å². The highest BCUT2D eigenvalue weighted by molar-refractivity contribution is 14.0. The fourth-order valence-electron chi connectivity index (χ4n) is 1.76. The Hall–Kier alpha value is -1.51. The summed E-state index contributed by atoms with van der Waals surface area (Å²) < 4.78 is 5.70. The SMILES string of the molecule is CCCNC(=NCC(=O)N(C)C)N(C)CCOc1ccccc1.I. The molecule has 0 aliphatic heterocycles. The quantitative estimate of drug-likeness (QED) is 0.376. The van der Waals surface area contributed by atoms with E-state index in [4.69, 9.17) is 4.74 Å². The number of likely N-dealkylation sites (N-methyl/N-ethyl adjacent to an activating group) is 2. The summed E-state index contributed by atoms with van der Waals surface area (Å²) in [6.07, 6.45) is 0.995. The first-order valence-corrected chi connectivity index (χ1v) is 7.92. The van der Waals surface area contributed by atoms with Crippen LogP contribution in [-0.4, -0.2) is 69.1 Å². The number of halogens is 1. The van der Waals surface area contributed by atoms with E-state index in [2.05, 4.69) is 17.2 Å². The number of guanidine groups is 1. The molecule has 0 heterocycles. The molecule has 0 saturated carbocycles. The molecule has 0 aromatic heterocycles. The molecule has 24 heavy (non-hydrogen) atoms. The Bertz CT molecular complexity index is 495. The highest BCUT2D eigenvalue weighted by atomic mass is 127. The lowest BCUT2D eigenvalue weighted by atomic mass is 10.3. The number of nitrogens with zero attached hydrogens (tertiary/aromatic N) is 3. The highest BCUT2D eigenvalue weighted by Crippen LogP contribution is 2.07. The number of hydrogen-bond acceptors (Lipinski definition) is 3. The number of carbonyl (C=O) groups is 1. The number of carbonyl (C=O) groups excluding carboxylic acids is 1. The highest BCUT2D eigenvalue weighted by Gasteiger charge is 2.08. The largest absolute Gasteiger partial charge is 0.492 e. The van der Waals surface area contributed by atoms with Gasteiger partial charge in [0.05, 0.1) is 6.54 Å². The minimum atomic E-state index is -0.0188. The van der Waals surface area contributed by atoms with Gasteiger partial charge in [0.1, 0.15) is 18.9 Å². The Morgan fingerprint density at radius 3 is 2.46 bits per heavy atom. The molecular weight excluding hydrogens is 419 g/mol. The molecule has 0 saturated heterocycles. The fourth-order valence-corrected chi connectivity index (χ4v) is 1.76. The fraction of sp³-hybridized carbons (Fsp3) is 0.529. The van der Waals surface area contributed by atoms with Crippen LogP contribution in [-0.2, 0) is 4.79 Å². The van der Waals surface area contributed by atoms with Crippen molar-refractivity contribution in [1.29, 1.82) is 0 Å². The van der Waals surface area contributed by atoms with Crippen molar-refractivity contribution in [2.45, 2.75) is 13.3 Å². The van der Waals surface area contributed by atoms with Gasteiger partial charge in [0.25, 0.3) is 0 Å². The van der Waals surface area contributed by atoms with Crippen molar-refractivity contribution in [3.05, 3.63) is 30.3 Å². The molecule has 0 radical (unpaired) electrons. The lowest BCUT2D eigenvalue weighted by molar-refractivity contribution is -0.127. The van der Waals surface area contributed by atoms with Crippen LogP contribution in [0.2, 0.25) is 0 Å². The zero-order valence-electron chi connectivity index (χ0n) is 15.0. The summed E-state index contributed by atoms with van der Waals surface area (Å²) in [6, 6.07) is 9.71. The third-order valence-corrected chi connectivity index (χ3v) is 3.20. The first-order chi connectivity index (χ1) is 11.0. The number of ether oxygens (including phenoxy) is 1. The standard InChI is InChI=1S/C17H28N4O2.HI/c1-5-11-18-17(19-14-16(22)20(2)3)21(4)12-13-23-15-9-7-6-8-10-15;/h6-10H,5,11-14H2,1-4H3,(H,18,19);1H. The zero-order valence-corrected chi connectivity index (χ0v) is 17.3. The molecule has 0 spiro atoms. The molecule has 0 aliphatic carbocycles. The summed E-state index contributed by atoms with van der Waals surface area (Å²) in [6.45, 7) is 4.28. The molecule has 1 aromatic rings. The average molecular weight is 448 g/mol. The monoisotopic (exact) mass is 448 g/mol. The van der Waals surface area contributed by atoms with Gasteiger partial charge < -0.3 is 19.9 Å². The van der Waals surface area contributed by atoms with Gasteiger partial charge in [0.15, 0.2) is 5.96 Å². The van der Waals surface area contributed by atoms with E-state index in [1.54, 1.807) is 19.0 Å². The number of amides is 1. The van der Waals surface area contributed by atoms with E-state index >= 15 is 0 Å². The molecule has 1 aromatic carbocycles. The third-order valence-electron chi connectivity index (χ3n) is 3.20. The Balaban J connectivity index is 0.00000529. The molecule has 136 valence electrons. The van der Waals surface area contributed by atoms with Crippen LogP contribution in [0.1, 0.15) is 13.3 Å². The van der Waals surface area contributed by atoms with Crippen molar-refractivity contribution >= 4 is 35.8 Å². The number of para-hydroxylation sites is 1. The van der Waals surface area contributed by atoms with Crippen LogP contribution in [0, 0.1) is 0 Å². The summed E-state index contributed by atoms with van der Waals surface area (Å²) in [5.41, 5.74) is 0. The van der Waals surface area contributed by atoms with Crippen LogP contribution >= 0.6 is 24.0 Å². The molecule has 6 nitrogen and oxygen atoms in total. The predicted octanol–water partition coefficient (Wildman–Crippen LogP) is 2.06. The molecule has 1 rings (SSSR count). The van der Waals surface area contributed by atoms with Gasteiger partial charge >= 0.3 is 0 Å². The zero-order chi connectivity index (χ0) is 17.1. The van der Waals surface area contributed by atoms with Crippen molar-refractivity contribution in [1.82, 2.24) is 15.1 Å². The molecule has 0 bridgehead atoms. The lowest BCUT2D eigenvalue weighted by Gasteiger charge is -2.22. The number of rotatable bonds is 8. The Kier molecular flexibility index (Phi) is 12.0. The first-order valence-electron chi connectivity index (χ1n) is 7.92. The molecule has 0 fully saturated rings. The van der Waals surface area contributed by atoms with Gasteiger partial charge in [-0.25, -0.2) is 4.99 Å². The summed E-state index contributed by atoms with van der Waals surface area (Å²) in [5.74, 6) is 1.55. The predicted molar refractivity (Wildman–Crippen MR) is 109 cm³/mol. The molecule has 0 atom stereocenters. The molecular formula is C17H29IN4O2. The van der Waals surface area contributed by atoms with Crippen LogP contribution in [0.3, 0.4) is 0 Å². The topological polar surface area (TPSA) is 57.2 Å². The second kappa shape index (κ2) is 12.9. The van der Waals surface area contributed by atoms with Crippen LogP contribution in [0.25, 0.3) is 0 Å². The van der Waals surface area contributed by atoms with Gasteiger partial charge in [0.2, 0.25) is 5.91 Å². The number of aliphatic imine (C=N–C) groups is 1. The van der Waals surface area contributed by atoms with Crippen molar-refractivity contribution in [2.75, 3.05) is 47.4 Å². The molecule has 0 aliphatic rings. The van der Waals surface area contributed by atoms with Gasteiger partial charge in [-0.05, 0) is 18.6 Å². The van der Waals surface area contributed by atoms with Crippen LogP contribution < -0.4 is 10.1 Å². The summed E-state index contributed by atoms with van der Waals surface area (Å²) in [7, 11) is 5.40. The van der Waals surface area contributed by atoms with Crippen molar-refractivity contribution in [3.8, 4) is 5.75 Å². The van der Waals surface area contributed by atoms with Crippen molar-refractivity contribution in [3.63, 3.8) is 0 Å². The summed E-state index contributed by atoms with van der Waals surface area (Å²) in [5, 5.41) is 3.26. The summed E-state index contributed by atoms with van der Waals surface area (Å²) >= 11 is 0. The number of benzene rings is 1. The smallest absolute Gasteiger partial charge is 0.243 e. The minimum absolute atomic E-state index is 0. The third kappa shape index (κ3) is 8.95. The van der Waals surface area contributed by atoms with Crippen molar-refractivity contribution < 1.29 is 9.53 Å². The molecule has 1 amide bonds. The maximum Gasteiger partial charge on any atom is 0.243 e. The molecule has 1 N–H and O–H groups in total. The van der Waals surface area contributed by atoms with E-state index in [0.717, 1.165) is 24.7 Å². The van der Waals surface area contributed by atoms with E-state index < -0.39 is 0 Å². The first kappa shape index (κ1) is 22.5. The van der Waals surface area contributed by atoms with Gasteiger partial charge in [-0.3, -0.25) is 4.79 Å². The maximum absolute atomic E-state index is 11.7.